The largest absolute Gasteiger partial charge is 0.452 e. The van der Waals surface area contributed by atoms with Crippen LogP contribution in [-0.2, 0) is 9.53 Å². The molecule has 1 fully saturated rings. The van der Waals surface area contributed by atoms with Gasteiger partial charge in [0.2, 0.25) is 0 Å². The van der Waals surface area contributed by atoms with Gasteiger partial charge in [0.1, 0.15) is 0 Å². The van der Waals surface area contributed by atoms with E-state index in [0.29, 0.717) is 22.9 Å². The van der Waals surface area contributed by atoms with Crippen molar-refractivity contribution in [2.45, 2.75) is 25.8 Å². The van der Waals surface area contributed by atoms with Crippen LogP contribution in [0.5, 0.6) is 0 Å². The molecular formula is C14H18N2O3. The number of ether oxygens (including phenoxy) is 1. The molecule has 1 amide bonds. The Morgan fingerprint density at radius 3 is 2.74 bits per heavy atom. The summed E-state index contributed by atoms with van der Waals surface area (Å²) in [5, 5.41) is 0. The number of rotatable bonds is 4. The molecule has 0 unspecified atom stereocenters. The maximum Gasteiger partial charge on any atom is 0.338 e. The Bertz CT molecular complexity index is 509. The number of carbonyl (C=O) groups is 2. The highest BCUT2D eigenvalue weighted by Crippen LogP contribution is 2.25. The van der Waals surface area contributed by atoms with E-state index in [-0.39, 0.29) is 12.5 Å². The average Bonchev–Trinajstić information content (AvgIpc) is 3.22. The predicted molar refractivity (Wildman–Crippen MR) is 71.7 cm³/mol. The van der Waals surface area contributed by atoms with Gasteiger partial charge in [0.25, 0.3) is 5.91 Å². The molecular weight excluding hydrogens is 244 g/mol. The quantitative estimate of drug-likeness (QED) is 0.656. The van der Waals surface area contributed by atoms with Gasteiger partial charge < -0.3 is 15.4 Å². The van der Waals surface area contributed by atoms with Gasteiger partial charge in [-0.3, -0.25) is 4.79 Å². The van der Waals surface area contributed by atoms with Crippen molar-refractivity contribution in [2.24, 2.45) is 0 Å². The Hall–Kier alpha value is -2.04. The fraction of sp³-hybridized carbons (Fsp3) is 0.429. The molecule has 0 radical (unpaired) electrons. The third kappa shape index (κ3) is 3.05. The van der Waals surface area contributed by atoms with E-state index >= 15 is 0 Å². The number of nitrogens with zero attached hydrogens (tertiary/aromatic N) is 1. The number of hydrogen-bond acceptors (Lipinski definition) is 4. The second-order valence-electron chi connectivity index (χ2n) is 4.83. The lowest BCUT2D eigenvalue weighted by Gasteiger charge is -2.16. The number of hydrogen-bond donors (Lipinski definition) is 1. The maximum atomic E-state index is 11.9. The van der Waals surface area contributed by atoms with E-state index in [1.54, 1.807) is 37.1 Å². The van der Waals surface area contributed by atoms with Gasteiger partial charge in [-0.05, 0) is 37.5 Å². The first-order valence-corrected chi connectivity index (χ1v) is 6.28. The maximum absolute atomic E-state index is 11.9. The molecule has 0 aromatic heterocycles. The Morgan fingerprint density at radius 2 is 2.11 bits per heavy atom. The molecule has 102 valence electrons. The van der Waals surface area contributed by atoms with Crippen molar-refractivity contribution >= 4 is 17.6 Å². The van der Waals surface area contributed by atoms with Crippen LogP contribution in [-0.4, -0.2) is 36.5 Å². The van der Waals surface area contributed by atoms with Crippen molar-refractivity contribution in [1.82, 2.24) is 4.90 Å². The second-order valence-corrected chi connectivity index (χ2v) is 4.83. The van der Waals surface area contributed by atoms with E-state index in [4.69, 9.17) is 10.5 Å². The normalized spacial score (nSPS) is 14.0. The van der Waals surface area contributed by atoms with Crippen molar-refractivity contribution < 1.29 is 14.3 Å². The molecule has 0 atom stereocenters. The Balaban J connectivity index is 1.94. The number of esters is 1. The van der Waals surface area contributed by atoms with Crippen molar-refractivity contribution in [3.63, 3.8) is 0 Å². The molecule has 0 bridgehead atoms. The van der Waals surface area contributed by atoms with Crippen molar-refractivity contribution in [3.05, 3.63) is 29.3 Å². The molecule has 1 saturated carbocycles. The van der Waals surface area contributed by atoms with Crippen molar-refractivity contribution in [1.29, 1.82) is 0 Å². The molecule has 0 spiro atoms. The number of amides is 1. The lowest BCUT2D eigenvalue weighted by molar-refractivity contribution is -0.133. The standard InChI is InChI=1S/C14H18N2O3/c1-9-11(4-3-5-12(9)15)14(18)19-8-13(17)16(2)10-6-7-10/h3-5,10H,6-8,15H2,1-2H3. The van der Waals surface area contributed by atoms with Gasteiger partial charge in [-0.25, -0.2) is 4.79 Å². The number of likely N-dealkylation sites (N-methyl/N-ethyl adjacent to an activating group) is 1. The highest BCUT2D eigenvalue weighted by molar-refractivity contribution is 5.94. The minimum atomic E-state index is -0.512. The van der Waals surface area contributed by atoms with Gasteiger partial charge in [-0.1, -0.05) is 6.07 Å². The first kappa shape index (κ1) is 13.4. The monoisotopic (exact) mass is 262 g/mol. The summed E-state index contributed by atoms with van der Waals surface area (Å²) in [6, 6.07) is 5.37. The first-order valence-electron chi connectivity index (χ1n) is 6.28. The van der Waals surface area contributed by atoms with Gasteiger partial charge in [-0.2, -0.15) is 0 Å². The zero-order valence-corrected chi connectivity index (χ0v) is 11.2. The molecule has 2 N–H and O–H groups in total. The SMILES string of the molecule is Cc1c(N)cccc1C(=O)OCC(=O)N(C)C1CC1. The predicted octanol–water partition coefficient (Wildman–Crippen LogP) is 1.35. The van der Waals surface area contributed by atoms with Gasteiger partial charge >= 0.3 is 5.97 Å². The van der Waals surface area contributed by atoms with Gasteiger partial charge in [0.15, 0.2) is 6.61 Å². The van der Waals surface area contributed by atoms with E-state index in [2.05, 4.69) is 0 Å². The first-order chi connectivity index (χ1) is 9.00. The van der Waals surface area contributed by atoms with Crippen LogP contribution in [0.4, 0.5) is 5.69 Å². The fourth-order valence-electron chi connectivity index (χ4n) is 1.85. The van der Waals surface area contributed by atoms with Crippen LogP contribution in [0.15, 0.2) is 18.2 Å². The Morgan fingerprint density at radius 1 is 1.42 bits per heavy atom. The summed E-state index contributed by atoms with van der Waals surface area (Å²) in [5.74, 6) is -0.681. The van der Waals surface area contributed by atoms with Crippen molar-refractivity contribution in [2.75, 3.05) is 19.4 Å². The fourth-order valence-corrected chi connectivity index (χ4v) is 1.85. The minimum Gasteiger partial charge on any atom is -0.452 e. The summed E-state index contributed by atoms with van der Waals surface area (Å²) >= 11 is 0. The van der Waals surface area contributed by atoms with Crippen LogP contribution in [0.1, 0.15) is 28.8 Å². The minimum absolute atomic E-state index is 0.169. The van der Waals surface area contributed by atoms with E-state index in [0.717, 1.165) is 12.8 Å². The van der Waals surface area contributed by atoms with E-state index < -0.39 is 5.97 Å². The van der Waals surface area contributed by atoms with E-state index in [1.165, 1.54) is 0 Å². The molecule has 1 aliphatic carbocycles. The summed E-state index contributed by atoms with van der Waals surface area (Å²) in [6.45, 7) is 1.53. The Kier molecular flexibility index (Phi) is 3.74. The topological polar surface area (TPSA) is 72.6 Å². The second kappa shape index (κ2) is 5.30. The number of benzene rings is 1. The van der Waals surface area contributed by atoms with Crippen molar-refractivity contribution in [3.8, 4) is 0 Å². The van der Waals surface area contributed by atoms with Crippen LogP contribution < -0.4 is 5.73 Å². The molecule has 1 aromatic carbocycles. The number of nitrogen functional groups attached to an aromatic ring is 1. The van der Waals surface area contributed by atoms with E-state index in [9.17, 15) is 9.59 Å². The lowest BCUT2D eigenvalue weighted by Crippen LogP contribution is -2.33. The number of nitrogens with two attached hydrogens (primary N) is 1. The molecule has 0 aliphatic heterocycles. The van der Waals surface area contributed by atoms with Crippen LogP contribution in [0.3, 0.4) is 0 Å². The molecule has 1 aromatic rings. The molecule has 5 nitrogen and oxygen atoms in total. The summed E-state index contributed by atoms with van der Waals surface area (Å²) in [4.78, 5) is 25.3. The molecule has 19 heavy (non-hydrogen) atoms. The van der Waals surface area contributed by atoms with Crippen LogP contribution in [0.25, 0.3) is 0 Å². The summed E-state index contributed by atoms with van der Waals surface area (Å²) in [7, 11) is 1.74. The average molecular weight is 262 g/mol. The molecule has 0 saturated heterocycles. The van der Waals surface area contributed by atoms with Crippen LogP contribution in [0, 0.1) is 6.92 Å². The molecule has 2 rings (SSSR count). The molecule has 0 heterocycles. The smallest absolute Gasteiger partial charge is 0.338 e. The Labute approximate surface area is 112 Å². The summed E-state index contributed by atoms with van der Waals surface area (Å²) in [5.41, 5.74) is 7.35. The van der Waals surface area contributed by atoms with E-state index in [1.807, 2.05) is 0 Å². The van der Waals surface area contributed by atoms with Gasteiger partial charge in [-0.15, -0.1) is 0 Å². The molecule has 1 aliphatic rings. The highest BCUT2D eigenvalue weighted by atomic mass is 16.5. The molecule has 5 heteroatoms. The lowest BCUT2D eigenvalue weighted by atomic mass is 10.1. The van der Waals surface area contributed by atoms with Gasteiger partial charge in [0, 0.05) is 18.8 Å². The number of carbonyl (C=O) groups excluding carboxylic acids is 2. The highest BCUT2D eigenvalue weighted by Gasteiger charge is 2.29. The third-order valence-corrected chi connectivity index (χ3v) is 3.41. The van der Waals surface area contributed by atoms with Gasteiger partial charge in [0.05, 0.1) is 5.56 Å². The zero-order valence-electron chi connectivity index (χ0n) is 11.2. The van der Waals surface area contributed by atoms with Crippen LogP contribution >= 0.6 is 0 Å². The third-order valence-electron chi connectivity index (χ3n) is 3.41. The van der Waals surface area contributed by atoms with Crippen LogP contribution in [0.2, 0.25) is 0 Å². The summed E-state index contributed by atoms with van der Waals surface area (Å²) in [6.07, 6.45) is 2.06. The number of anilines is 1. The summed E-state index contributed by atoms with van der Waals surface area (Å²) < 4.78 is 5.04. The zero-order chi connectivity index (χ0) is 14.0.